The predicted molar refractivity (Wildman–Crippen MR) is 120 cm³/mol. The summed E-state index contributed by atoms with van der Waals surface area (Å²) in [4.78, 5) is 24.6. The molecule has 9 heteroatoms. The van der Waals surface area contributed by atoms with Gasteiger partial charge < -0.3 is 0 Å². The van der Waals surface area contributed by atoms with Crippen molar-refractivity contribution in [2.75, 3.05) is 4.72 Å². The summed E-state index contributed by atoms with van der Waals surface area (Å²) in [6, 6.07) is 17.0. The zero-order chi connectivity index (χ0) is 22.6. The highest BCUT2D eigenvalue weighted by Gasteiger charge is 2.18. The van der Waals surface area contributed by atoms with Crippen LogP contribution in [0.25, 0.3) is 0 Å². The molecule has 0 saturated heterocycles. The van der Waals surface area contributed by atoms with Gasteiger partial charge in [0, 0.05) is 11.1 Å². The molecule has 0 unspecified atom stereocenters. The molecule has 3 aromatic carbocycles. The van der Waals surface area contributed by atoms with E-state index in [1.54, 1.807) is 30.3 Å². The van der Waals surface area contributed by atoms with Crippen LogP contribution in [0.3, 0.4) is 0 Å². The molecular formula is C22H20ClN3O4S. The van der Waals surface area contributed by atoms with Crippen molar-refractivity contribution >= 4 is 39.1 Å². The van der Waals surface area contributed by atoms with E-state index in [9.17, 15) is 18.0 Å². The van der Waals surface area contributed by atoms with Gasteiger partial charge in [-0.1, -0.05) is 35.9 Å². The lowest BCUT2D eigenvalue weighted by atomic mass is 10.1. The van der Waals surface area contributed by atoms with Gasteiger partial charge in [0.25, 0.3) is 21.8 Å². The van der Waals surface area contributed by atoms with Crippen LogP contribution < -0.4 is 15.6 Å². The van der Waals surface area contributed by atoms with Crippen molar-refractivity contribution in [1.82, 2.24) is 10.9 Å². The van der Waals surface area contributed by atoms with Crippen molar-refractivity contribution in [3.05, 3.63) is 94.0 Å². The molecule has 0 spiro atoms. The van der Waals surface area contributed by atoms with Crippen LogP contribution >= 0.6 is 11.6 Å². The Labute approximate surface area is 185 Å². The molecule has 3 N–H and O–H groups in total. The van der Waals surface area contributed by atoms with Crippen molar-refractivity contribution < 1.29 is 18.0 Å². The average molecular weight is 458 g/mol. The SMILES string of the molecule is Cc1ccc(C(=O)NNC(=O)c2cccc(S(=O)(=O)Nc3ccccc3Cl)c2)cc1C. The van der Waals surface area contributed by atoms with E-state index in [0.717, 1.165) is 11.1 Å². The minimum Gasteiger partial charge on any atom is -0.278 e. The van der Waals surface area contributed by atoms with E-state index in [-0.39, 0.29) is 21.2 Å². The van der Waals surface area contributed by atoms with Gasteiger partial charge in [0.2, 0.25) is 0 Å². The molecule has 0 aromatic heterocycles. The van der Waals surface area contributed by atoms with Crippen LogP contribution in [0.5, 0.6) is 0 Å². The van der Waals surface area contributed by atoms with Crippen molar-refractivity contribution in [1.29, 1.82) is 0 Å². The summed E-state index contributed by atoms with van der Waals surface area (Å²) in [6.07, 6.45) is 0. The molecule has 3 aromatic rings. The fraction of sp³-hybridized carbons (Fsp3) is 0.0909. The third-order valence-electron chi connectivity index (χ3n) is 4.58. The second kappa shape index (κ2) is 9.20. The van der Waals surface area contributed by atoms with Gasteiger partial charge in [0.15, 0.2) is 0 Å². The van der Waals surface area contributed by atoms with E-state index < -0.39 is 21.8 Å². The highest BCUT2D eigenvalue weighted by Crippen LogP contribution is 2.24. The first-order valence-corrected chi connectivity index (χ1v) is 11.1. The van der Waals surface area contributed by atoms with E-state index in [4.69, 9.17) is 11.6 Å². The maximum Gasteiger partial charge on any atom is 0.269 e. The molecule has 0 bridgehead atoms. The Morgan fingerprint density at radius 3 is 2.06 bits per heavy atom. The van der Waals surface area contributed by atoms with Gasteiger partial charge in [0.05, 0.1) is 15.6 Å². The Hall–Kier alpha value is -3.36. The molecule has 160 valence electrons. The molecular weight excluding hydrogens is 438 g/mol. The highest BCUT2D eigenvalue weighted by atomic mass is 35.5. The van der Waals surface area contributed by atoms with Crippen molar-refractivity contribution in [3.63, 3.8) is 0 Å². The van der Waals surface area contributed by atoms with Crippen LogP contribution in [-0.2, 0) is 10.0 Å². The fourth-order valence-electron chi connectivity index (χ4n) is 2.69. The second-order valence-electron chi connectivity index (χ2n) is 6.82. The van der Waals surface area contributed by atoms with Gasteiger partial charge >= 0.3 is 0 Å². The molecule has 0 aliphatic heterocycles. The number of anilines is 1. The van der Waals surface area contributed by atoms with Crippen molar-refractivity contribution in [3.8, 4) is 0 Å². The minimum absolute atomic E-state index is 0.0578. The molecule has 0 radical (unpaired) electrons. The molecule has 2 amide bonds. The van der Waals surface area contributed by atoms with Crippen LogP contribution in [0.15, 0.2) is 71.6 Å². The smallest absolute Gasteiger partial charge is 0.269 e. The quantitative estimate of drug-likeness (QED) is 0.506. The standard InChI is InChI=1S/C22H20ClN3O4S/c1-14-10-11-17(12-15(14)2)22(28)25-24-21(27)16-6-5-7-18(13-16)31(29,30)26-20-9-4-3-8-19(20)23/h3-13,26H,1-2H3,(H,24,27)(H,25,28). The number of hydrogen-bond acceptors (Lipinski definition) is 4. The largest absolute Gasteiger partial charge is 0.278 e. The number of hydrazine groups is 1. The summed E-state index contributed by atoms with van der Waals surface area (Å²) >= 11 is 6.01. The zero-order valence-corrected chi connectivity index (χ0v) is 18.3. The van der Waals surface area contributed by atoms with Crippen molar-refractivity contribution in [2.45, 2.75) is 18.7 Å². The summed E-state index contributed by atoms with van der Waals surface area (Å²) in [5, 5.41) is 0.244. The number of nitrogens with one attached hydrogen (secondary N) is 3. The van der Waals surface area contributed by atoms with Crippen LogP contribution in [0.1, 0.15) is 31.8 Å². The lowest BCUT2D eigenvalue weighted by molar-refractivity contribution is 0.0846. The number of hydrogen-bond donors (Lipinski definition) is 3. The number of aryl methyl sites for hydroxylation is 2. The van der Waals surface area contributed by atoms with Gasteiger partial charge in [-0.15, -0.1) is 0 Å². The van der Waals surface area contributed by atoms with E-state index in [0.29, 0.717) is 5.56 Å². The van der Waals surface area contributed by atoms with Gasteiger partial charge in [0.1, 0.15) is 0 Å². The van der Waals surface area contributed by atoms with Gasteiger partial charge in [-0.25, -0.2) is 8.42 Å². The first-order chi connectivity index (χ1) is 14.7. The van der Waals surface area contributed by atoms with Gasteiger partial charge in [-0.2, -0.15) is 0 Å². The van der Waals surface area contributed by atoms with E-state index in [1.165, 1.54) is 30.3 Å². The molecule has 0 fully saturated rings. The lowest BCUT2D eigenvalue weighted by Crippen LogP contribution is -2.41. The number of para-hydroxylation sites is 1. The molecule has 0 saturated carbocycles. The van der Waals surface area contributed by atoms with Crippen LogP contribution in [-0.4, -0.2) is 20.2 Å². The van der Waals surface area contributed by atoms with Gasteiger partial charge in [-0.3, -0.25) is 25.2 Å². The average Bonchev–Trinajstić information content (AvgIpc) is 2.75. The summed E-state index contributed by atoms with van der Waals surface area (Å²) in [6.45, 7) is 3.81. The first kappa shape index (κ1) is 22.3. The summed E-state index contributed by atoms with van der Waals surface area (Å²) in [5.74, 6) is -1.15. The third kappa shape index (κ3) is 5.42. The molecule has 3 rings (SSSR count). The lowest BCUT2D eigenvalue weighted by Gasteiger charge is -2.11. The number of amides is 2. The summed E-state index contributed by atoms with van der Waals surface area (Å²) < 4.78 is 27.7. The number of benzene rings is 3. The second-order valence-corrected chi connectivity index (χ2v) is 8.91. The Morgan fingerprint density at radius 2 is 1.42 bits per heavy atom. The minimum atomic E-state index is -3.98. The zero-order valence-electron chi connectivity index (χ0n) is 16.8. The Bertz CT molecular complexity index is 1260. The van der Waals surface area contributed by atoms with E-state index >= 15 is 0 Å². The van der Waals surface area contributed by atoms with Crippen LogP contribution in [0.2, 0.25) is 5.02 Å². The van der Waals surface area contributed by atoms with Crippen molar-refractivity contribution in [2.24, 2.45) is 0 Å². The maximum atomic E-state index is 12.7. The molecule has 0 aliphatic carbocycles. The monoisotopic (exact) mass is 457 g/mol. The molecule has 0 aliphatic rings. The number of rotatable bonds is 5. The number of carbonyl (C=O) groups excluding carboxylic acids is 2. The third-order valence-corrected chi connectivity index (χ3v) is 6.28. The summed E-state index contributed by atoms with van der Waals surface area (Å²) in [5.41, 5.74) is 7.29. The molecule has 7 nitrogen and oxygen atoms in total. The highest BCUT2D eigenvalue weighted by molar-refractivity contribution is 7.92. The van der Waals surface area contributed by atoms with Crippen LogP contribution in [0.4, 0.5) is 5.69 Å². The van der Waals surface area contributed by atoms with Gasteiger partial charge in [-0.05, 0) is 67.4 Å². The molecule has 0 heterocycles. The first-order valence-electron chi connectivity index (χ1n) is 9.23. The fourth-order valence-corrected chi connectivity index (χ4v) is 4.06. The Morgan fingerprint density at radius 1 is 0.774 bits per heavy atom. The van der Waals surface area contributed by atoms with Crippen LogP contribution in [0, 0.1) is 13.8 Å². The molecule has 0 atom stereocenters. The molecule has 31 heavy (non-hydrogen) atoms. The number of sulfonamides is 1. The summed E-state index contributed by atoms with van der Waals surface area (Å²) in [7, 11) is -3.98. The number of carbonyl (C=O) groups is 2. The topological polar surface area (TPSA) is 104 Å². The number of halogens is 1. The Kier molecular flexibility index (Phi) is 6.62. The normalized spacial score (nSPS) is 10.9. The predicted octanol–water partition coefficient (Wildman–Crippen LogP) is 3.83. The van der Waals surface area contributed by atoms with E-state index in [2.05, 4.69) is 15.6 Å². The maximum absolute atomic E-state index is 12.7. The van der Waals surface area contributed by atoms with E-state index in [1.807, 2.05) is 19.9 Å². The Balaban J connectivity index is 1.71.